The Hall–Kier alpha value is -2.31. The summed E-state index contributed by atoms with van der Waals surface area (Å²) < 4.78 is 0. The monoisotopic (exact) mass is 386 g/mol. The lowest BCUT2D eigenvalue weighted by molar-refractivity contribution is -0.115. The quantitative estimate of drug-likeness (QED) is 0.596. The van der Waals surface area contributed by atoms with Crippen LogP contribution in [0.25, 0.3) is 11.4 Å². The molecule has 0 saturated carbocycles. The van der Waals surface area contributed by atoms with E-state index in [1.54, 1.807) is 24.3 Å². The number of anilines is 1. The molecule has 1 amide bonds. The van der Waals surface area contributed by atoms with Crippen molar-refractivity contribution in [1.29, 1.82) is 0 Å². The van der Waals surface area contributed by atoms with Crippen LogP contribution >= 0.6 is 23.4 Å². The fraction of sp³-hybridized carbons (Fsp3) is 0.211. The Balaban J connectivity index is 1.63. The van der Waals surface area contributed by atoms with Crippen molar-refractivity contribution in [3.05, 3.63) is 59.1 Å². The number of rotatable bonds is 6. The molecule has 3 rings (SSSR count). The van der Waals surface area contributed by atoms with Gasteiger partial charge in [-0.3, -0.25) is 9.89 Å². The van der Waals surface area contributed by atoms with Crippen molar-refractivity contribution >= 4 is 35.0 Å². The average molecular weight is 387 g/mol. The van der Waals surface area contributed by atoms with E-state index in [4.69, 9.17) is 11.6 Å². The largest absolute Gasteiger partial charge is 0.325 e. The summed E-state index contributed by atoms with van der Waals surface area (Å²) in [6.07, 6.45) is 0.997. The summed E-state index contributed by atoms with van der Waals surface area (Å²) in [5.41, 5.74) is 2.91. The lowest BCUT2D eigenvalue weighted by Crippen LogP contribution is -2.22. The molecule has 1 unspecified atom stereocenters. The summed E-state index contributed by atoms with van der Waals surface area (Å²) in [7, 11) is 0. The second kappa shape index (κ2) is 8.38. The number of nitrogens with zero attached hydrogens (tertiary/aromatic N) is 2. The van der Waals surface area contributed by atoms with Crippen LogP contribution in [0.5, 0.6) is 0 Å². The maximum atomic E-state index is 12.3. The van der Waals surface area contributed by atoms with E-state index in [1.165, 1.54) is 17.3 Å². The first-order chi connectivity index (χ1) is 12.5. The van der Waals surface area contributed by atoms with Crippen molar-refractivity contribution in [2.75, 3.05) is 5.32 Å². The minimum absolute atomic E-state index is 0.129. The van der Waals surface area contributed by atoms with Gasteiger partial charge in [0.15, 0.2) is 5.82 Å². The molecule has 1 atom stereocenters. The molecule has 134 valence electrons. The number of benzene rings is 2. The van der Waals surface area contributed by atoms with Gasteiger partial charge in [-0.1, -0.05) is 60.6 Å². The van der Waals surface area contributed by atoms with Gasteiger partial charge in [-0.25, -0.2) is 4.98 Å². The molecule has 0 aliphatic rings. The smallest absolute Gasteiger partial charge is 0.237 e. The minimum atomic E-state index is -0.347. The van der Waals surface area contributed by atoms with Crippen LogP contribution in [0.15, 0.2) is 53.7 Å². The number of hydrogen-bond acceptors (Lipinski definition) is 4. The van der Waals surface area contributed by atoms with E-state index in [9.17, 15) is 4.79 Å². The molecule has 0 spiro atoms. The number of aromatic nitrogens is 3. The Kier molecular flexibility index (Phi) is 5.96. The number of carbonyl (C=O) groups is 1. The van der Waals surface area contributed by atoms with Crippen LogP contribution in [0.3, 0.4) is 0 Å². The lowest BCUT2D eigenvalue weighted by atomic mass is 10.1. The standard InChI is InChI=1S/C19H19ClN4OS/c1-3-13-7-9-14(10-8-13)17-22-19(24-23-17)26-12(2)18(25)21-16-6-4-5-15(20)11-16/h4-12H,3H2,1-2H3,(H,21,25)(H,22,23,24). The summed E-state index contributed by atoms with van der Waals surface area (Å²) in [4.78, 5) is 16.8. The first-order valence-corrected chi connectivity index (χ1v) is 9.55. The first kappa shape index (κ1) is 18.5. The molecule has 3 aromatic rings. The first-order valence-electron chi connectivity index (χ1n) is 8.30. The maximum absolute atomic E-state index is 12.3. The van der Waals surface area contributed by atoms with Gasteiger partial charge in [0.25, 0.3) is 0 Å². The SMILES string of the molecule is CCc1ccc(-c2nc(SC(C)C(=O)Nc3cccc(Cl)c3)n[nH]2)cc1. The summed E-state index contributed by atoms with van der Waals surface area (Å²) >= 11 is 7.24. The zero-order chi connectivity index (χ0) is 18.5. The Morgan fingerprint density at radius 2 is 2.04 bits per heavy atom. The van der Waals surface area contributed by atoms with Gasteiger partial charge in [0.2, 0.25) is 11.1 Å². The average Bonchev–Trinajstić information content (AvgIpc) is 3.10. The molecule has 0 radical (unpaired) electrons. The van der Waals surface area contributed by atoms with Crippen molar-refractivity contribution in [2.24, 2.45) is 0 Å². The van der Waals surface area contributed by atoms with Gasteiger partial charge < -0.3 is 5.32 Å². The molecule has 0 saturated heterocycles. The third-order valence-corrected chi connectivity index (χ3v) is 5.04. The van der Waals surface area contributed by atoms with Crippen LogP contribution in [0.1, 0.15) is 19.4 Å². The summed E-state index contributed by atoms with van der Waals surface area (Å²) in [6.45, 7) is 3.94. The zero-order valence-electron chi connectivity index (χ0n) is 14.5. The number of carbonyl (C=O) groups excluding carboxylic acids is 1. The highest BCUT2D eigenvalue weighted by Gasteiger charge is 2.17. The van der Waals surface area contributed by atoms with Crippen LogP contribution in [0.4, 0.5) is 5.69 Å². The Labute approximate surface area is 161 Å². The van der Waals surface area contributed by atoms with Crippen LogP contribution in [-0.4, -0.2) is 26.3 Å². The Bertz CT molecular complexity index is 895. The Morgan fingerprint density at radius 3 is 2.73 bits per heavy atom. The normalized spacial score (nSPS) is 12.0. The van der Waals surface area contributed by atoms with E-state index in [0.29, 0.717) is 21.7 Å². The summed E-state index contributed by atoms with van der Waals surface area (Å²) in [5.74, 6) is 0.563. The van der Waals surface area contributed by atoms with E-state index in [-0.39, 0.29) is 11.2 Å². The topological polar surface area (TPSA) is 70.7 Å². The third-order valence-electron chi connectivity index (χ3n) is 3.84. The highest BCUT2D eigenvalue weighted by molar-refractivity contribution is 8.00. The molecule has 7 heteroatoms. The third kappa shape index (κ3) is 4.65. The van der Waals surface area contributed by atoms with Gasteiger partial charge in [0, 0.05) is 16.3 Å². The molecule has 1 heterocycles. The number of aromatic amines is 1. The van der Waals surface area contributed by atoms with Crippen molar-refractivity contribution in [3.8, 4) is 11.4 Å². The fourth-order valence-corrected chi connectivity index (χ4v) is 3.26. The molecular weight excluding hydrogens is 368 g/mol. The van der Waals surface area contributed by atoms with Crippen LogP contribution in [0, 0.1) is 0 Å². The van der Waals surface area contributed by atoms with Crippen molar-refractivity contribution < 1.29 is 4.79 Å². The Morgan fingerprint density at radius 1 is 1.27 bits per heavy atom. The number of nitrogens with one attached hydrogen (secondary N) is 2. The zero-order valence-corrected chi connectivity index (χ0v) is 16.1. The number of thioether (sulfide) groups is 1. The van der Waals surface area contributed by atoms with Crippen LogP contribution < -0.4 is 5.32 Å². The van der Waals surface area contributed by atoms with Crippen molar-refractivity contribution in [2.45, 2.75) is 30.7 Å². The van der Waals surface area contributed by atoms with E-state index < -0.39 is 0 Å². The molecule has 2 N–H and O–H groups in total. The highest BCUT2D eigenvalue weighted by Crippen LogP contribution is 2.24. The van der Waals surface area contributed by atoms with Gasteiger partial charge in [-0.15, -0.1) is 5.10 Å². The van der Waals surface area contributed by atoms with Crippen molar-refractivity contribution in [3.63, 3.8) is 0 Å². The highest BCUT2D eigenvalue weighted by atomic mass is 35.5. The molecule has 0 aliphatic heterocycles. The maximum Gasteiger partial charge on any atom is 0.237 e. The molecular formula is C19H19ClN4OS. The van der Waals surface area contributed by atoms with Crippen molar-refractivity contribution in [1.82, 2.24) is 15.2 Å². The van der Waals surface area contributed by atoms with E-state index >= 15 is 0 Å². The number of aryl methyl sites for hydroxylation is 1. The second-order valence-corrected chi connectivity index (χ2v) is 7.52. The number of amides is 1. The molecule has 0 bridgehead atoms. The number of hydrogen-bond donors (Lipinski definition) is 2. The van der Waals surface area contributed by atoms with Gasteiger partial charge in [-0.2, -0.15) is 0 Å². The molecule has 0 aliphatic carbocycles. The van der Waals surface area contributed by atoms with Crippen LogP contribution in [-0.2, 0) is 11.2 Å². The van der Waals surface area contributed by atoms with Gasteiger partial charge in [-0.05, 0) is 37.1 Å². The predicted octanol–water partition coefficient (Wildman–Crippen LogP) is 4.81. The van der Waals surface area contributed by atoms with E-state index in [0.717, 1.165) is 12.0 Å². The molecule has 26 heavy (non-hydrogen) atoms. The molecule has 2 aromatic carbocycles. The molecule has 5 nitrogen and oxygen atoms in total. The van der Waals surface area contributed by atoms with E-state index in [2.05, 4.69) is 39.6 Å². The molecule has 1 aromatic heterocycles. The predicted molar refractivity (Wildman–Crippen MR) is 107 cm³/mol. The van der Waals surface area contributed by atoms with Gasteiger partial charge in [0.05, 0.1) is 5.25 Å². The van der Waals surface area contributed by atoms with Gasteiger partial charge >= 0.3 is 0 Å². The van der Waals surface area contributed by atoms with E-state index in [1.807, 2.05) is 19.1 Å². The minimum Gasteiger partial charge on any atom is -0.325 e. The fourth-order valence-electron chi connectivity index (χ4n) is 2.35. The van der Waals surface area contributed by atoms with Gasteiger partial charge in [0.1, 0.15) is 0 Å². The molecule has 0 fully saturated rings. The second-order valence-electron chi connectivity index (χ2n) is 5.78. The van der Waals surface area contributed by atoms with Crippen LogP contribution in [0.2, 0.25) is 5.02 Å². The summed E-state index contributed by atoms with van der Waals surface area (Å²) in [5, 5.41) is 10.7. The summed E-state index contributed by atoms with van der Waals surface area (Å²) in [6, 6.07) is 15.2. The number of H-pyrrole nitrogens is 1. The lowest BCUT2D eigenvalue weighted by Gasteiger charge is -2.10. The number of halogens is 1.